The topological polar surface area (TPSA) is 64.2 Å². The molecule has 5 nitrogen and oxygen atoms in total. The minimum absolute atomic E-state index is 0.271. The van der Waals surface area contributed by atoms with Crippen LogP contribution in [0.3, 0.4) is 0 Å². The standard InChI is InChI=1S/C18H16Cl2N2O3/c1-11(22-14-7-2-3-8-15(14)25-18(22)24)17(23)21-10-9-12-5-4-6-13(19)16(12)20/h2-8,11H,9-10H2,1H3,(H,21,23). The van der Waals surface area contributed by atoms with Gasteiger partial charge < -0.3 is 9.73 Å². The van der Waals surface area contributed by atoms with Crippen molar-refractivity contribution < 1.29 is 9.21 Å². The van der Waals surface area contributed by atoms with E-state index in [9.17, 15) is 9.59 Å². The summed E-state index contributed by atoms with van der Waals surface area (Å²) in [5.74, 6) is -0.825. The molecule has 1 atom stereocenters. The van der Waals surface area contributed by atoms with Gasteiger partial charge in [0.2, 0.25) is 5.91 Å². The third-order valence-electron chi connectivity index (χ3n) is 4.01. The average Bonchev–Trinajstić information content (AvgIpc) is 2.93. The zero-order chi connectivity index (χ0) is 18.0. The largest absolute Gasteiger partial charge is 0.420 e. The van der Waals surface area contributed by atoms with Crippen molar-refractivity contribution in [1.29, 1.82) is 0 Å². The predicted molar refractivity (Wildman–Crippen MR) is 98.4 cm³/mol. The SMILES string of the molecule is CC(C(=O)NCCc1cccc(Cl)c1Cl)n1c(=O)oc2ccccc21. The predicted octanol–water partition coefficient (Wildman–Crippen LogP) is 3.82. The molecule has 0 aliphatic rings. The number of carbonyl (C=O) groups excluding carboxylic acids is 1. The molecule has 130 valence electrons. The van der Waals surface area contributed by atoms with Gasteiger partial charge in [0.05, 0.1) is 15.6 Å². The number of aromatic nitrogens is 1. The summed E-state index contributed by atoms with van der Waals surface area (Å²) in [7, 11) is 0. The highest BCUT2D eigenvalue weighted by Crippen LogP contribution is 2.25. The number of nitrogens with one attached hydrogen (secondary N) is 1. The van der Waals surface area contributed by atoms with E-state index in [1.165, 1.54) is 4.57 Å². The molecule has 0 aliphatic heterocycles. The summed E-state index contributed by atoms with van der Waals surface area (Å²) in [6.45, 7) is 2.04. The highest BCUT2D eigenvalue weighted by atomic mass is 35.5. The third kappa shape index (κ3) is 3.57. The number of amides is 1. The monoisotopic (exact) mass is 378 g/mol. The molecule has 1 heterocycles. The molecule has 0 saturated carbocycles. The van der Waals surface area contributed by atoms with Crippen molar-refractivity contribution in [1.82, 2.24) is 9.88 Å². The van der Waals surface area contributed by atoms with E-state index < -0.39 is 11.8 Å². The van der Waals surface area contributed by atoms with Gasteiger partial charge >= 0.3 is 5.76 Å². The maximum Gasteiger partial charge on any atom is 0.420 e. The first kappa shape index (κ1) is 17.6. The summed E-state index contributed by atoms with van der Waals surface area (Å²) in [5.41, 5.74) is 1.90. The lowest BCUT2D eigenvalue weighted by molar-refractivity contribution is -0.123. The molecular formula is C18H16Cl2N2O3. The van der Waals surface area contributed by atoms with E-state index >= 15 is 0 Å². The van der Waals surface area contributed by atoms with E-state index in [1.807, 2.05) is 12.1 Å². The zero-order valence-corrected chi connectivity index (χ0v) is 15.0. The molecule has 0 fully saturated rings. The van der Waals surface area contributed by atoms with E-state index in [0.29, 0.717) is 34.1 Å². The second-order valence-electron chi connectivity index (χ2n) is 5.64. The number of para-hydroxylation sites is 2. The number of hydrogen-bond acceptors (Lipinski definition) is 3. The summed E-state index contributed by atoms with van der Waals surface area (Å²) in [5, 5.41) is 3.79. The number of carbonyl (C=O) groups is 1. The van der Waals surface area contributed by atoms with Crippen LogP contribution in [0.25, 0.3) is 11.1 Å². The van der Waals surface area contributed by atoms with Gasteiger partial charge in [-0.25, -0.2) is 4.79 Å². The first-order valence-electron chi connectivity index (χ1n) is 7.79. The maximum absolute atomic E-state index is 12.4. The lowest BCUT2D eigenvalue weighted by Crippen LogP contribution is -2.35. The Balaban J connectivity index is 1.69. The molecule has 3 rings (SSSR count). The minimum atomic E-state index is -0.689. The van der Waals surface area contributed by atoms with Gasteiger partial charge in [-0.3, -0.25) is 9.36 Å². The van der Waals surface area contributed by atoms with E-state index in [2.05, 4.69) is 5.32 Å². The summed E-state index contributed by atoms with van der Waals surface area (Å²) >= 11 is 12.1. The number of oxazole rings is 1. The summed E-state index contributed by atoms with van der Waals surface area (Å²) < 4.78 is 6.51. The lowest BCUT2D eigenvalue weighted by Gasteiger charge is -2.13. The smallest absolute Gasteiger partial charge is 0.408 e. The Kier molecular flexibility index (Phi) is 5.16. The average molecular weight is 379 g/mol. The number of rotatable bonds is 5. The molecular weight excluding hydrogens is 363 g/mol. The van der Waals surface area contributed by atoms with Crippen LogP contribution in [0.4, 0.5) is 0 Å². The molecule has 0 radical (unpaired) electrons. The van der Waals surface area contributed by atoms with Gasteiger partial charge in [0.25, 0.3) is 0 Å². The minimum Gasteiger partial charge on any atom is -0.408 e. The van der Waals surface area contributed by atoms with E-state index in [1.54, 1.807) is 37.3 Å². The molecule has 1 unspecified atom stereocenters. The first-order chi connectivity index (χ1) is 12.0. The Morgan fingerprint density at radius 2 is 1.96 bits per heavy atom. The van der Waals surface area contributed by atoms with Crippen LogP contribution in [0, 0.1) is 0 Å². The maximum atomic E-state index is 12.4. The number of fused-ring (bicyclic) bond motifs is 1. The van der Waals surface area contributed by atoms with Gasteiger partial charge in [0, 0.05) is 6.54 Å². The molecule has 1 amide bonds. The van der Waals surface area contributed by atoms with Crippen LogP contribution in [0.2, 0.25) is 10.0 Å². The Hall–Kier alpha value is -2.24. The first-order valence-corrected chi connectivity index (χ1v) is 8.55. The Morgan fingerprint density at radius 1 is 1.20 bits per heavy atom. The van der Waals surface area contributed by atoms with E-state index in [-0.39, 0.29) is 5.91 Å². The van der Waals surface area contributed by atoms with E-state index in [0.717, 1.165) is 5.56 Å². The molecule has 0 saturated heterocycles. The summed E-state index contributed by atoms with van der Waals surface area (Å²) in [6, 6.07) is 11.7. The van der Waals surface area contributed by atoms with Crippen molar-refractivity contribution in [3.63, 3.8) is 0 Å². The van der Waals surface area contributed by atoms with Crippen molar-refractivity contribution in [2.75, 3.05) is 6.54 Å². The fourth-order valence-electron chi connectivity index (χ4n) is 2.68. The van der Waals surface area contributed by atoms with Gasteiger partial charge in [0.15, 0.2) is 5.58 Å². The normalized spacial score (nSPS) is 12.3. The molecule has 1 aromatic heterocycles. The van der Waals surface area contributed by atoms with Gasteiger partial charge in [-0.05, 0) is 37.1 Å². The van der Waals surface area contributed by atoms with Crippen LogP contribution in [-0.4, -0.2) is 17.0 Å². The second-order valence-corrected chi connectivity index (χ2v) is 6.42. The van der Waals surface area contributed by atoms with Crippen molar-refractivity contribution >= 4 is 40.2 Å². The van der Waals surface area contributed by atoms with Crippen molar-refractivity contribution in [2.45, 2.75) is 19.4 Å². The highest BCUT2D eigenvalue weighted by molar-refractivity contribution is 6.42. The van der Waals surface area contributed by atoms with Crippen molar-refractivity contribution in [2.24, 2.45) is 0 Å². The van der Waals surface area contributed by atoms with Crippen LogP contribution in [0.1, 0.15) is 18.5 Å². The molecule has 0 spiro atoms. The Bertz CT molecular complexity index is 978. The summed E-state index contributed by atoms with van der Waals surface area (Å²) in [6.07, 6.45) is 0.541. The number of nitrogens with zero attached hydrogens (tertiary/aromatic N) is 1. The fraction of sp³-hybridized carbons (Fsp3) is 0.222. The van der Waals surface area contributed by atoms with Crippen molar-refractivity contribution in [3.05, 3.63) is 68.6 Å². The number of halogens is 2. The molecule has 2 aromatic carbocycles. The van der Waals surface area contributed by atoms with Crippen LogP contribution < -0.4 is 11.1 Å². The molecule has 1 N–H and O–H groups in total. The van der Waals surface area contributed by atoms with Crippen LogP contribution in [0.5, 0.6) is 0 Å². The fourth-order valence-corrected chi connectivity index (χ4v) is 3.09. The van der Waals surface area contributed by atoms with E-state index in [4.69, 9.17) is 27.6 Å². The Labute approximate surface area is 154 Å². The Morgan fingerprint density at radius 3 is 2.76 bits per heavy atom. The van der Waals surface area contributed by atoms with Gasteiger partial charge in [-0.1, -0.05) is 47.5 Å². The molecule has 7 heteroatoms. The third-order valence-corrected chi connectivity index (χ3v) is 4.87. The quantitative estimate of drug-likeness (QED) is 0.733. The molecule has 0 aliphatic carbocycles. The van der Waals surface area contributed by atoms with Crippen LogP contribution >= 0.6 is 23.2 Å². The lowest BCUT2D eigenvalue weighted by atomic mass is 10.1. The summed E-state index contributed by atoms with van der Waals surface area (Å²) in [4.78, 5) is 24.5. The zero-order valence-electron chi connectivity index (χ0n) is 13.5. The molecule has 25 heavy (non-hydrogen) atoms. The van der Waals surface area contributed by atoms with Crippen molar-refractivity contribution in [3.8, 4) is 0 Å². The molecule has 0 bridgehead atoms. The molecule has 3 aromatic rings. The number of hydrogen-bond donors (Lipinski definition) is 1. The van der Waals surface area contributed by atoms with Crippen LogP contribution in [-0.2, 0) is 11.2 Å². The van der Waals surface area contributed by atoms with Gasteiger partial charge in [0.1, 0.15) is 6.04 Å². The van der Waals surface area contributed by atoms with Gasteiger partial charge in [-0.2, -0.15) is 0 Å². The number of benzene rings is 2. The van der Waals surface area contributed by atoms with Crippen LogP contribution in [0.15, 0.2) is 51.7 Å². The highest BCUT2D eigenvalue weighted by Gasteiger charge is 2.20. The van der Waals surface area contributed by atoms with Gasteiger partial charge in [-0.15, -0.1) is 0 Å². The second kappa shape index (κ2) is 7.33.